The minimum Gasteiger partial charge on any atom is -0.489 e. The predicted molar refractivity (Wildman–Crippen MR) is 111 cm³/mol. The van der Waals surface area contributed by atoms with Crippen molar-refractivity contribution in [2.45, 2.75) is 39.7 Å². The number of hydrogen-bond acceptors (Lipinski definition) is 5. The second-order valence-corrected chi connectivity index (χ2v) is 6.39. The summed E-state index contributed by atoms with van der Waals surface area (Å²) in [7, 11) is 1.55. The summed E-state index contributed by atoms with van der Waals surface area (Å²) in [5.74, 6) is 4.88. The second kappa shape index (κ2) is 11.0. The highest BCUT2D eigenvalue weighted by molar-refractivity contribution is 6.07. The van der Waals surface area contributed by atoms with E-state index in [-0.39, 0.29) is 36.0 Å². The molecule has 29 heavy (non-hydrogen) atoms. The number of carbonyl (C=O) groups excluding carboxylic acids is 1. The average Bonchev–Trinajstić information content (AvgIpc) is 2.69. The molecule has 0 aliphatic carbocycles. The highest BCUT2D eigenvalue weighted by atomic mass is 19.1. The number of ether oxygens (including phenoxy) is 2. The van der Waals surface area contributed by atoms with E-state index in [1.54, 1.807) is 26.2 Å². The van der Waals surface area contributed by atoms with Crippen molar-refractivity contribution in [1.29, 1.82) is 0 Å². The van der Waals surface area contributed by atoms with Gasteiger partial charge < -0.3 is 20.5 Å². The summed E-state index contributed by atoms with van der Waals surface area (Å²) < 4.78 is 25.2. The summed E-state index contributed by atoms with van der Waals surface area (Å²) in [6, 6.07) is 6.17. The van der Waals surface area contributed by atoms with E-state index in [0.717, 1.165) is 18.4 Å². The van der Waals surface area contributed by atoms with Crippen LogP contribution in [0.15, 0.2) is 24.3 Å². The number of anilines is 2. The standard InChI is InChI=1S/C22H26FN3O3/c1-4-5-6-7-8-12-29-19-11-9-10-17(20(19)23)26-22(27)16-13-15(2)18(14-28-3)25-21(16)24/h9-11,13H,4-5,8,12,14H2,1-3H3,(H2,24,25)(H,26,27). The van der Waals surface area contributed by atoms with Gasteiger partial charge in [0.2, 0.25) is 0 Å². The number of methoxy groups -OCH3 is 1. The number of aromatic nitrogens is 1. The van der Waals surface area contributed by atoms with Gasteiger partial charge in [-0.2, -0.15) is 0 Å². The van der Waals surface area contributed by atoms with Gasteiger partial charge in [-0.25, -0.2) is 9.37 Å². The Morgan fingerprint density at radius 1 is 1.31 bits per heavy atom. The molecule has 2 aromatic rings. The van der Waals surface area contributed by atoms with Gasteiger partial charge in [0.1, 0.15) is 5.82 Å². The maximum atomic E-state index is 14.7. The van der Waals surface area contributed by atoms with E-state index in [4.69, 9.17) is 15.2 Å². The van der Waals surface area contributed by atoms with Crippen molar-refractivity contribution < 1.29 is 18.7 Å². The number of aryl methyl sites for hydroxylation is 1. The van der Waals surface area contributed by atoms with E-state index in [0.29, 0.717) is 12.1 Å². The Morgan fingerprint density at radius 3 is 2.79 bits per heavy atom. The maximum absolute atomic E-state index is 14.7. The zero-order valence-electron chi connectivity index (χ0n) is 17.0. The first-order chi connectivity index (χ1) is 14.0. The Bertz CT molecular complexity index is 919. The molecule has 154 valence electrons. The Morgan fingerprint density at radius 2 is 2.07 bits per heavy atom. The minimum absolute atomic E-state index is 0.00240. The van der Waals surface area contributed by atoms with Crippen molar-refractivity contribution >= 4 is 17.4 Å². The molecule has 1 amide bonds. The molecule has 0 radical (unpaired) electrons. The molecule has 1 aromatic heterocycles. The van der Waals surface area contributed by atoms with E-state index in [9.17, 15) is 9.18 Å². The number of benzene rings is 1. The number of amides is 1. The van der Waals surface area contributed by atoms with Crippen LogP contribution in [0.1, 0.15) is 47.8 Å². The van der Waals surface area contributed by atoms with Crippen molar-refractivity contribution in [2.75, 3.05) is 24.8 Å². The quantitative estimate of drug-likeness (QED) is 0.516. The number of nitrogens with one attached hydrogen (secondary N) is 1. The van der Waals surface area contributed by atoms with Crippen LogP contribution in [0, 0.1) is 24.6 Å². The average molecular weight is 399 g/mol. The van der Waals surface area contributed by atoms with Crippen LogP contribution in [0.5, 0.6) is 5.75 Å². The Balaban J connectivity index is 2.09. The monoisotopic (exact) mass is 399 g/mol. The van der Waals surface area contributed by atoms with E-state index in [1.165, 1.54) is 12.1 Å². The summed E-state index contributed by atoms with van der Waals surface area (Å²) in [4.78, 5) is 16.8. The zero-order valence-corrected chi connectivity index (χ0v) is 17.0. The number of unbranched alkanes of at least 4 members (excludes halogenated alkanes) is 1. The van der Waals surface area contributed by atoms with Gasteiger partial charge in [0.15, 0.2) is 11.6 Å². The van der Waals surface area contributed by atoms with Gasteiger partial charge in [-0.05, 0) is 37.1 Å². The Hall–Kier alpha value is -3.11. The molecule has 0 aliphatic heterocycles. The molecule has 0 fully saturated rings. The van der Waals surface area contributed by atoms with Crippen LogP contribution in [0.3, 0.4) is 0 Å². The van der Waals surface area contributed by atoms with Gasteiger partial charge in [0.05, 0.1) is 30.2 Å². The molecule has 0 saturated carbocycles. The number of halogens is 1. The van der Waals surface area contributed by atoms with Gasteiger partial charge in [-0.3, -0.25) is 4.79 Å². The molecule has 2 rings (SSSR count). The van der Waals surface area contributed by atoms with Crippen LogP contribution >= 0.6 is 0 Å². The first kappa shape index (κ1) is 22.2. The third-order valence-corrected chi connectivity index (χ3v) is 4.07. The third kappa shape index (κ3) is 6.19. The maximum Gasteiger partial charge on any atom is 0.259 e. The molecule has 0 unspecified atom stereocenters. The highest BCUT2D eigenvalue weighted by Gasteiger charge is 2.17. The van der Waals surface area contributed by atoms with Gasteiger partial charge >= 0.3 is 0 Å². The number of pyridine rings is 1. The van der Waals surface area contributed by atoms with Gasteiger partial charge in [-0.15, -0.1) is 5.92 Å². The highest BCUT2D eigenvalue weighted by Crippen LogP contribution is 2.26. The number of carbonyl (C=O) groups is 1. The van der Waals surface area contributed by atoms with Crippen molar-refractivity contribution in [2.24, 2.45) is 0 Å². The van der Waals surface area contributed by atoms with Crippen LogP contribution in [0.2, 0.25) is 0 Å². The molecular formula is C22H26FN3O3. The largest absolute Gasteiger partial charge is 0.489 e. The normalized spacial score (nSPS) is 10.2. The smallest absolute Gasteiger partial charge is 0.259 e. The number of nitrogens with two attached hydrogens (primary N) is 1. The van der Waals surface area contributed by atoms with Gasteiger partial charge in [0, 0.05) is 20.0 Å². The van der Waals surface area contributed by atoms with Crippen LogP contribution in [0.4, 0.5) is 15.9 Å². The lowest BCUT2D eigenvalue weighted by atomic mass is 10.1. The number of nitrogens with zero attached hydrogens (tertiary/aromatic N) is 1. The SMILES string of the molecule is CCCC#CCCOc1cccc(NC(=O)c2cc(C)c(COC)nc2N)c1F. The van der Waals surface area contributed by atoms with Crippen LogP contribution in [-0.4, -0.2) is 24.6 Å². The summed E-state index contributed by atoms with van der Waals surface area (Å²) in [6.07, 6.45) is 2.34. The lowest BCUT2D eigenvalue weighted by molar-refractivity contribution is 0.102. The molecule has 3 N–H and O–H groups in total. The Labute approximate surface area is 170 Å². The molecule has 7 heteroatoms. The summed E-state index contributed by atoms with van der Waals surface area (Å²) in [5, 5.41) is 2.53. The second-order valence-electron chi connectivity index (χ2n) is 6.39. The van der Waals surface area contributed by atoms with Gasteiger partial charge in [-0.1, -0.05) is 18.9 Å². The van der Waals surface area contributed by atoms with Crippen LogP contribution in [0.25, 0.3) is 0 Å². The summed E-state index contributed by atoms with van der Waals surface area (Å²) >= 11 is 0. The van der Waals surface area contributed by atoms with Crippen LogP contribution < -0.4 is 15.8 Å². The first-order valence-corrected chi connectivity index (χ1v) is 9.41. The number of rotatable bonds is 8. The van der Waals surface area contributed by atoms with Crippen molar-refractivity contribution in [3.05, 3.63) is 46.9 Å². The molecule has 1 heterocycles. The van der Waals surface area contributed by atoms with E-state index >= 15 is 0 Å². The van der Waals surface area contributed by atoms with Crippen molar-refractivity contribution in [1.82, 2.24) is 4.98 Å². The Kier molecular flexibility index (Phi) is 8.44. The minimum atomic E-state index is -0.651. The molecule has 0 saturated heterocycles. The fourth-order valence-electron chi connectivity index (χ4n) is 2.55. The number of nitrogen functional groups attached to an aromatic ring is 1. The van der Waals surface area contributed by atoms with E-state index < -0.39 is 11.7 Å². The summed E-state index contributed by atoms with van der Waals surface area (Å²) in [5.41, 5.74) is 7.47. The molecule has 0 atom stereocenters. The fraction of sp³-hybridized carbons (Fsp3) is 0.364. The molecular weight excluding hydrogens is 373 g/mol. The fourth-order valence-corrected chi connectivity index (χ4v) is 2.55. The van der Waals surface area contributed by atoms with Crippen molar-refractivity contribution in [3.63, 3.8) is 0 Å². The zero-order chi connectivity index (χ0) is 21.2. The lowest BCUT2D eigenvalue weighted by Gasteiger charge is -2.13. The lowest BCUT2D eigenvalue weighted by Crippen LogP contribution is -2.17. The number of hydrogen-bond donors (Lipinski definition) is 2. The first-order valence-electron chi connectivity index (χ1n) is 9.41. The topological polar surface area (TPSA) is 86.5 Å². The molecule has 1 aromatic carbocycles. The van der Waals surface area contributed by atoms with Crippen molar-refractivity contribution in [3.8, 4) is 17.6 Å². The molecule has 6 nitrogen and oxygen atoms in total. The summed E-state index contributed by atoms with van der Waals surface area (Å²) in [6.45, 7) is 4.41. The molecule has 0 aliphatic rings. The molecule has 0 spiro atoms. The predicted octanol–water partition coefficient (Wildman–Crippen LogP) is 4.08. The third-order valence-electron chi connectivity index (χ3n) is 4.07. The van der Waals surface area contributed by atoms with E-state index in [1.807, 2.05) is 0 Å². The molecule has 0 bridgehead atoms. The van der Waals surface area contributed by atoms with E-state index in [2.05, 4.69) is 29.1 Å². The van der Waals surface area contributed by atoms with Crippen LogP contribution in [-0.2, 0) is 11.3 Å². The van der Waals surface area contributed by atoms with Gasteiger partial charge in [0.25, 0.3) is 5.91 Å².